The molecule has 2 heterocycles. The maximum Gasteiger partial charge on any atom is 0.223 e. The highest BCUT2D eigenvalue weighted by atomic mass is 16.2. The average molecular weight is 236 g/mol. The van der Waals surface area contributed by atoms with E-state index in [9.17, 15) is 9.59 Å². The number of carbonyl (C=O) groups excluding carboxylic acids is 2. The lowest BCUT2D eigenvalue weighted by Crippen LogP contribution is -2.29. The van der Waals surface area contributed by atoms with Crippen LogP contribution in [0.15, 0.2) is 18.7 Å². The summed E-state index contributed by atoms with van der Waals surface area (Å²) in [5.41, 5.74) is 5.20. The number of likely N-dealkylation sites (tertiary alicyclic amines) is 1. The van der Waals surface area contributed by atoms with Gasteiger partial charge in [0.25, 0.3) is 0 Å². The number of hydrogen-bond donors (Lipinski definition) is 1. The van der Waals surface area contributed by atoms with Gasteiger partial charge in [0.1, 0.15) is 0 Å². The van der Waals surface area contributed by atoms with Crippen molar-refractivity contribution in [2.75, 3.05) is 13.1 Å². The van der Waals surface area contributed by atoms with Crippen molar-refractivity contribution < 1.29 is 9.59 Å². The van der Waals surface area contributed by atoms with Crippen molar-refractivity contribution in [1.82, 2.24) is 14.5 Å². The average Bonchev–Trinajstić information content (AvgIpc) is 2.89. The zero-order valence-corrected chi connectivity index (χ0v) is 9.58. The summed E-state index contributed by atoms with van der Waals surface area (Å²) in [5, 5.41) is 0. The summed E-state index contributed by atoms with van der Waals surface area (Å²) in [7, 11) is 0. The minimum atomic E-state index is -0.379. The van der Waals surface area contributed by atoms with Gasteiger partial charge >= 0.3 is 0 Å². The fourth-order valence-electron chi connectivity index (χ4n) is 2.04. The first-order chi connectivity index (χ1) is 8.16. The Balaban J connectivity index is 1.76. The van der Waals surface area contributed by atoms with Gasteiger partial charge in [-0.1, -0.05) is 0 Å². The van der Waals surface area contributed by atoms with E-state index in [1.54, 1.807) is 17.4 Å². The topological polar surface area (TPSA) is 81.2 Å². The van der Waals surface area contributed by atoms with Crippen LogP contribution in [-0.4, -0.2) is 39.4 Å². The minimum absolute atomic E-state index is 0.0273. The SMILES string of the molecule is NC(=O)C1CC(=O)N(CCCn2ccnc2)C1. The molecule has 0 aromatic carbocycles. The van der Waals surface area contributed by atoms with E-state index in [0.717, 1.165) is 13.0 Å². The van der Waals surface area contributed by atoms with Gasteiger partial charge in [-0.25, -0.2) is 4.98 Å². The third-order valence-corrected chi connectivity index (χ3v) is 3.02. The lowest BCUT2D eigenvalue weighted by molar-refractivity contribution is -0.128. The fourth-order valence-corrected chi connectivity index (χ4v) is 2.04. The number of aromatic nitrogens is 2. The molecule has 2 rings (SSSR count). The van der Waals surface area contributed by atoms with Gasteiger partial charge in [0.15, 0.2) is 0 Å². The van der Waals surface area contributed by atoms with Crippen LogP contribution < -0.4 is 5.73 Å². The van der Waals surface area contributed by atoms with Crippen molar-refractivity contribution in [2.24, 2.45) is 11.7 Å². The van der Waals surface area contributed by atoms with Crippen LogP contribution in [0.5, 0.6) is 0 Å². The van der Waals surface area contributed by atoms with Crippen LogP contribution in [0.1, 0.15) is 12.8 Å². The summed E-state index contributed by atoms with van der Waals surface area (Å²) in [6, 6.07) is 0. The number of carbonyl (C=O) groups is 2. The number of imidazole rings is 1. The molecule has 2 amide bonds. The molecule has 1 fully saturated rings. The molecule has 0 saturated carbocycles. The van der Waals surface area contributed by atoms with E-state index in [0.29, 0.717) is 13.1 Å². The van der Waals surface area contributed by atoms with Gasteiger partial charge in [-0.05, 0) is 6.42 Å². The second-order valence-corrected chi connectivity index (χ2v) is 4.30. The quantitative estimate of drug-likeness (QED) is 0.755. The first-order valence-corrected chi connectivity index (χ1v) is 5.69. The highest BCUT2D eigenvalue weighted by molar-refractivity contribution is 5.88. The van der Waals surface area contributed by atoms with E-state index >= 15 is 0 Å². The summed E-state index contributed by atoms with van der Waals surface area (Å²) in [6.45, 7) is 1.96. The molecule has 1 saturated heterocycles. The van der Waals surface area contributed by atoms with Gasteiger partial charge in [0, 0.05) is 38.4 Å². The molecule has 0 bridgehead atoms. The van der Waals surface area contributed by atoms with E-state index < -0.39 is 0 Å². The maximum atomic E-state index is 11.6. The molecule has 0 aliphatic carbocycles. The van der Waals surface area contributed by atoms with Crippen molar-refractivity contribution in [1.29, 1.82) is 0 Å². The number of hydrogen-bond acceptors (Lipinski definition) is 3. The molecular weight excluding hydrogens is 220 g/mol. The Hall–Kier alpha value is -1.85. The highest BCUT2D eigenvalue weighted by Crippen LogP contribution is 2.17. The van der Waals surface area contributed by atoms with Crippen LogP contribution >= 0.6 is 0 Å². The number of nitrogens with zero attached hydrogens (tertiary/aromatic N) is 3. The predicted molar refractivity (Wildman–Crippen MR) is 60.7 cm³/mol. The van der Waals surface area contributed by atoms with E-state index in [4.69, 9.17) is 5.73 Å². The van der Waals surface area contributed by atoms with Crippen molar-refractivity contribution >= 4 is 11.8 Å². The molecular formula is C11H16N4O2. The Bertz CT molecular complexity index is 402. The largest absolute Gasteiger partial charge is 0.369 e. The molecule has 1 unspecified atom stereocenters. The Labute approximate surface area is 99.4 Å². The summed E-state index contributed by atoms with van der Waals surface area (Å²) in [4.78, 5) is 28.2. The number of rotatable bonds is 5. The van der Waals surface area contributed by atoms with Crippen molar-refractivity contribution in [3.05, 3.63) is 18.7 Å². The van der Waals surface area contributed by atoms with Gasteiger partial charge < -0.3 is 15.2 Å². The van der Waals surface area contributed by atoms with E-state index in [1.165, 1.54) is 0 Å². The summed E-state index contributed by atoms with van der Waals surface area (Å²) in [5.74, 6) is -0.661. The third-order valence-electron chi connectivity index (χ3n) is 3.02. The van der Waals surface area contributed by atoms with Gasteiger partial charge in [0.2, 0.25) is 11.8 Å². The Morgan fingerprint density at radius 1 is 1.53 bits per heavy atom. The van der Waals surface area contributed by atoms with Gasteiger partial charge in [0.05, 0.1) is 12.2 Å². The summed E-state index contributed by atoms with van der Waals surface area (Å²) in [6.07, 6.45) is 6.48. The molecule has 1 aromatic heterocycles. The molecule has 2 N–H and O–H groups in total. The van der Waals surface area contributed by atoms with E-state index in [1.807, 2.05) is 10.8 Å². The maximum absolute atomic E-state index is 11.6. The van der Waals surface area contributed by atoms with Crippen LogP contribution in [-0.2, 0) is 16.1 Å². The molecule has 92 valence electrons. The van der Waals surface area contributed by atoms with Gasteiger partial charge in [-0.15, -0.1) is 0 Å². The first kappa shape index (κ1) is 11.6. The second-order valence-electron chi connectivity index (χ2n) is 4.30. The zero-order valence-electron chi connectivity index (χ0n) is 9.58. The molecule has 0 spiro atoms. The van der Waals surface area contributed by atoms with Crippen molar-refractivity contribution in [3.63, 3.8) is 0 Å². The smallest absolute Gasteiger partial charge is 0.223 e. The molecule has 0 radical (unpaired) electrons. The highest BCUT2D eigenvalue weighted by Gasteiger charge is 2.32. The van der Waals surface area contributed by atoms with Crippen LogP contribution in [0.4, 0.5) is 0 Å². The minimum Gasteiger partial charge on any atom is -0.369 e. The summed E-state index contributed by atoms with van der Waals surface area (Å²) < 4.78 is 1.96. The lowest BCUT2D eigenvalue weighted by Gasteiger charge is -2.15. The third kappa shape index (κ3) is 2.83. The van der Waals surface area contributed by atoms with E-state index in [2.05, 4.69) is 4.98 Å². The van der Waals surface area contributed by atoms with Crippen LogP contribution in [0.3, 0.4) is 0 Å². The van der Waals surface area contributed by atoms with E-state index in [-0.39, 0.29) is 24.2 Å². The molecule has 1 aromatic rings. The second kappa shape index (κ2) is 4.99. The zero-order chi connectivity index (χ0) is 12.3. The lowest BCUT2D eigenvalue weighted by atomic mass is 10.1. The molecule has 1 atom stereocenters. The number of amides is 2. The van der Waals surface area contributed by atoms with Crippen LogP contribution in [0.2, 0.25) is 0 Å². The molecule has 6 heteroatoms. The number of nitrogens with two attached hydrogens (primary N) is 1. The molecule has 1 aliphatic rings. The number of primary amides is 1. The predicted octanol–water partition coefficient (Wildman–Crippen LogP) is -0.393. The molecule has 1 aliphatic heterocycles. The van der Waals surface area contributed by atoms with Crippen molar-refractivity contribution in [3.8, 4) is 0 Å². The normalized spacial score (nSPS) is 19.9. The Morgan fingerprint density at radius 2 is 2.35 bits per heavy atom. The first-order valence-electron chi connectivity index (χ1n) is 5.69. The fraction of sp³-hybridized carbons (Fsp3) is 0.545. The van der Waals surface area contributed by atoms with Crippen LogP contribution in [0, 0.1) is 5.92 Å². The van der Waals surface area contributed by atoms with Crippen molar-refractivity contribution in [2.45, 2.75) is 19.4 Å². The van der Waals surface area contributed by atoms with Gasteiger partial charge in [-0.2, -0.15) is 0 Å². The Kier molecular flexibility index (Phi) is 3.41. The summed E-state index contributed by atoms with van der Waals surface area (Å²) >= 11 is 0. The number of aryl methyl sites for hydroxylation is 1. The standard InChI is InChI=1S/C11H16N4O2/c12-11(17)9-6-10(16)15(7-9)4-1-3-14-5-2-13-8-14/h2,5,8-9H,1,3-4,6-7H2,(H2,12,17). The molecule has 17 heavy (non-hydrogen) atoms. The molecule has 6 nitrogen and oxygen atoms in total. The van der Waals surface area contributed by atoms with Gasteiger partial charge in [-0.3, -0.25) is 9.59 Å². The monoisotopic (exact) mass is 236 g/mol. The van der Waals surface area contributed by atoms with Crippen LogP contribution in [0.25, 0.3) is 0 Å². The Morgan fingerprint density at radius 3 is 2.94 bits per heavy atom.